The largest absolute Gasteiger partial charge is 0.459 e. The number of urea groups is 1. The van der Waals surface area contributed by atoms with Crippen LogP contribution in [0.25, 0.3) is 0 Å². The number of unbranched alkanes of at least 4 members (excludes halogenated alkanes) is 2. The second kappa shape index (κ2) is 19.1. The topological polar surface area (TPSA) is 212 Å². The maximum absolute atomic E-state index is 13.9. The minimum atomic E-state index is -1.62. The van der Waals surface area contributed by atoms with Crippen LogP contribution >= 0.6 is 0 Å². The molecule has 0 radical (unpaired) electrons. The maximum Gasteiger partial charge on any atom is 0.407 e. The minimum absolute atomic E-state index is 0.0101. The van der Waals surface area contributed by atoms with E-state index in [-0.39, 0.29) is 43.8 Å². The number of fused-ring (bicyclic) bond motifs is 2. The van der Waals surface area contributed by atoms with Gasteiger partial charge in [-0.2, -0.15) is 0 Å². The van der Waals surface area contributed by atoms with E-state index in [0.29, 0.717) is 25.8 Å². The number of cyclic esters (lactones) is 1. The summed E-state index contributed by atoms with van der Waals surface area (Å²) in [6.45, 7) is 16.3. The number of alkyl carbamates (subject to hydrolysis) is 1. The molecule has 0 aromatic rings. The van der Waals surface area contributed by atoms with Gasteiger partial charge >= 0.3 is 18.1 Å². The summed E-state index contributed by atoms with van der Waals surface area (Å²) in [5, 5.41) is 31.6. The molecule has 2 rings (SSSR count). The Morgan fingerprint density at radius 3 is 2.35 bits per heavy atom. The van der Waals surface area contributed by atoms with Gasteiger partial charge in [-0.15, -0.1) is 6.42 Å². The van der Waals surface area contributed by atoms with Gasteiger partial charge in [-0.25, -0.2) is 9.59 Å². The van der Waals surface area contributed by atoms with E-state index in [4.69, 9.17) is 35.8 Å². The van der Waals surface area contributed by atoms with Crippen molar-refractivity contribution >= 4 is 24.1 Å². The van der Waals surface area contributed by atoms with Crippen molar-refractivity contribution in [1.29, 1.82) is 0 Å². The lowest BCUT2D eigenvalue weighted by Crippen LogP contribution is -2.64. The van der Waals surface area contributed by atoms with Gasteiger partial charge in [0.25, 0.3) is 0 Å². The molecular formula is C36H63N5O10. The highest BCUT2D eigenvalue weighted by Gasteiger charge is 2.55. The van der Waals surface area contributed by atoms with Gasteiger partial charge in [0.05, 0.1) is 29.8 Å². The Morgan fingerprint density at radius 2 is 1.75 bits per heavy atom. The van der Waals surface area contributed by atoms with Crippen LogP contribution in [0.3, 0.4) is 0 Å². The normalized spacial score (nSPS) is 36.1. The lowest BCUT2D eigenvalue weighted by molar-refractivity contribution is -0.359. The number of nitrogens with two attached hydrogens (primary N) is 1. The highest BCUT2D eigenvalue weighted by molar-refractivity contribution is 5.95. The number of guanidine groups is 1. The van der Waals surface area contributed by atoms with E-state index in [2.05, 4.69) is 26.9 Å². The Hall–Kier alpha value is -3.16. The molecule has 15 nitrogen and oxygen atoms in total. The summed E-state index contributed by atoms with van der Waals surface area (Å²) in [4.78, 5) is 42.5. The summed E-state index contributed by atoms with van der Waals surface area (Å²) >= 11 is 0. The minimum Gasteiger partial charge on any atom is -0.459 e. The van der Waals surface area contributed by atoms with Gasteiger partial charge in [0.2, 0.25) is 0 Å². The third kappa shape index (κ3) is 12.2. The number of aliphatic imine (C=N–C) groups is 1. The Labute approximate surface area is 303 Å². The van der Waals surface area contributed by atoms with E-state index in [0.717, 1.165) is 0 Å². The molecule has 2 bridgehead atoms. The molecule has 15 heteroatoms. The summed E-state index contributed by atoms with van der Waals surface area (Å²) in [7, 11) is 1.47. The van der Waals surface area contributed by atoms with E-state index in [1.54, 1.807) is 41.5 Å². The third-order valence-electron chi connectivity index (χ3n) is 9.90. The lowest BCUT2D eigenvalue weighted by Gasteiger charge is -2.53. The molecule has 51 heavy (non-hydrogen) atoms. The number of terminal acetylenes is 1. The predicted molar refractivity (Wildman–Crippen MR) is 191 cm³/mol. The molecule has 0 aliphatic carbocycles. The van der Waals surface area contributed by atoms with E-state index in [1.807, 2.05) is 20.8 Å². The second-order valence-corrected chi connectivity index (χ2v) is 14.9. The lowest BCUT2D eigenvalue weighted by atomic mass is 9.72. The molecule has 7 N–H and O–H groups in total. The van der Waals surface area contributed by atoms with Crippen molar-refractivity contribution in [2.75, 3.05) is 26.7 Å². The Kier molecular flexibility index (Phi) is 16.5. The molecule has 2 fully saturated rings. The summed E-state index contributed by atoms with van der Waals surface area (Å²) < 4.78 is 30.7. The van der Waals surface area contributed by atoms with Crippen molar-refractivity contribution in [2.24, 2.45) is 34.4 Å². The van der Waals surface area contributed by atoms with Crippen LogP contribution in [0.5, 0.6) is 0 Å². The number of ether oxygens (including phenoxy) is 5. The predicted octanol–water partition coefficient (Wildman–Crippen LogP) is 2.81. The molecule has 2 saturated heterocycles. The van der Waals surface area contributed by atoms with Crippen molar-refractivity contribution in [3.05, 3.63) is 0 Å². The third-order valence-corrected chi connectivity index (χ3v) is 9.90. The average molecular weight is 726 g/mol. The molecule has 2 aliphatic heterocycles. The molecule has 2 aliphatic rings. The van der Waals surface area contributed by atoms with Crippen LogP contribution in [0.15, 0.2) is 4.99 Å². The van der Waals surface area contributed by atoms with Gasteiger partial charge < -0.3 is 50.3 Å². The first kappa shape index (κ1) is 44.0. The number of amides is 3. The van der Waals surface area contributed by atoms with Crippen LogP contribution < -0.4 is 21.7 Å². The Bertz CT molecular complexity index is 1240. The number of aliphatic hydroxyl groups is 2. The molecule has 11 atom stereocenters. The van der Waals surface area contributed by atoms with Crippen molar-refractivity contribution in [1.82, 2.24) is 16.0 Å². The van der Waals surface area contributed by atoms with E-state index in [1.165, 1.54) is 7.05 Å². The summed E-state index contributed by atoms with van der Waals surface area (Å²) in [6, 6.07) is -0.460. The highest BCUT2D eigenvalue weighted by Crippen LogP contribution is 2.44. The van der Waals surface area contributed by atoms with Gasteiger partial charge in [-0.1, -0.05) is 33.6 Å². The monoisotopic (exact) mass is 725 g/mol. The fourth-order valence-corrected chi connectivity index (χ4v) is 7.46. The van der Waals surface area contributed by atoms with Crippen molar-refractivity contribution in [2.45, 2.75) is 142 Å². The molecule has 0 saturated carbocycles. The second-order valence-electron chi connectivity index (χ2n) is 14.9. The van der Waals surface area contributed by atoms with Crippen LogP contribution in [-0.2, 0) is 28.5 Å². The smallest absolute Gasteiger partial charge is 0.407 e. The number of hydrogen-bond donors (Lipinski definition) is 6. The molecule has 0 spiro atoms. The molecular weight excluding hydrogens is 662 g/mol. The van der Waals surface area contributed by atoms with Crippen LogP contribution in [0, 0.1) is 36.0 Å². The zero-order valence-corrected chi connectivity index (χ0v) is 32.1. The number of nitrogens with one attached hydrogen (secondary N) is 3. The van der Waals surface area contributed by atoms with Crippen molar-refractivity contribution < 1.29 is 48.3 Å². The fourth-order valence-electron chi connectivity index (χ4n) is 7.46. The fraction of sp³-hybridized carbons (Fsp3) is 0.833. The first-order chi connectivity index (χ1) is 23.7. The molecule has 292 valence electrons. The van der Waals surface area contributed by atoms with Gasteiger partial charge in [0.1, 0.15) is 24.4 Å². The maximum atomic E-state index is 13.9. The van der Waals surface area contributed by atoms with Gasteiger partial charge in [-0.05, 0) is 72.6 Å². The molecule has 0 aromatic heterocycles. The SMILES string of the molecule is C#CCO[C@@H]1[C@@H](C)[C@H](OC(=O)NCCCCCN=C(N)NC(=O)NC)[C@@H](C)C(=O)O[C@H](CC)[C@@](C)(O)[C@@H]2OC(C)(C)O[C@H]([C@@H]2C)[C@H](C)C[C@@]1(C)O. The zero-order chi connectivity index (χ0) is 38.7. The van der Waals surface area contributed by atoms with Crippen LogP contribution in [0.2, 0.25) is 0 Å². The molecule has 2 heterocycles. The number of carbonyl (C=O) groups is 3. The summed E-state index contributed by atoms with van der Waals surface area (Å²) in [6.07, 6.45) is 2.94. The quantitative estimate of drug-likeness (QED) is 0.0634. The number of hydrogen-bond acceptors (Lipinski definition) is 11. The first-order valence-electron chi connectivity index (χ1n) is 18.0. The van der Waals surface area contributed by atoms with E-state index >= 15 is 0 Å². The van der Waals surface area contributed by atoms with Gasteiger partial charge in [0, 0.05) is 32.0 Å². The van der Waals surface area contributed by atoms with E-state index in [9.17, 15) is 24.6 Å². The Balaban J connectivity index is 2.35. The number of nitrogens with zero attached hydrogens (tertiary/aromatic N) is 1. The van der Waals surface area contributed by atoms with Crippen molar-refractivity contribution in [3.63, 3.8) is 0 Å². The van der Waals surface area contributed by atoms with Crippen molar-refractivity contribution in [3.8, 4) is 12.3 Å². The summed E-state index contributed by atoms with van der Waals surface area (Å²) in [5.41, 5.74) is 2.51. The van der Waals surface area contributed by atoms with Gasteiger partial charge in [0.15, 0.2) is 11.7 Å². The molecule has 0 aromatic carbocycles. The van der Waals surface area contributed by atoms with Crippen LogP contribution in [0.4, 0.5) is 9.59 Å². The van der Waals surface area contributed by atoms with E-state index < -0.39 is 77.4 Å². The Morgan fingerprint density at radius 1 is 1.08 bits per heavy atom. The highest BCUT2D eigenvalue weighted by atomic mass is 16.7. The molecule has 0 unspecified atom stereocenters. The van der Waals surface area contributed by atoms with Crippen LogP contribution in [-0.4, -0.2) is 109 Å². The van der Waals surface area contributed by atoms with Gasteiger partial charge in [-0.3, -0.25) is 15.1 Å². The van der Waals surface area contributed by atoms with Crippen LogP contribution in [0.1, 0.15) is 94.4 Å². The first-order valence-corrected chi connectivity index (χ1v) is 18.0. The summed E-state index contributed by atoms with van der Waals surface area (Å²) in [5.74, 6) is -1.72. The number of esters is 1. The zero-order valence-electron chi connectivity index (χ0n) is 32.1. The standard InChI is InChI=1S/C36H63N5O10/c1-12-19-47-28-23(5)27(49-33(44)40-18-16-14-15-17-39-31(37)41-32(43)38-11)24(6)30(42)48-25(13-2)36(10,46)29-22(4)26(50-34(7,8)51-29)21(3)20-35(28,9)45/h1,21-29,45-46H,13-20H2,2-11H3,(H,40,44)(H4,37,38,39,41,43)/t21-,22+,23+,24-,25-,26+,27+,28-,29-,35-,36-/m1/s1. The average Bonchev–Trinajstić information content (AvgIpc) is 3.04. The number of rotatable bonds is 10. The molecule has 3 amide bonds. The number of carbonyl (C=O) groups excluding carboxylic acids is 3.